The molecule has 2 aromatic carbocycles. The van der Waals surface area contributed by atoms with Gasteiger partial charge < -0.3 is 0 Å². The monoisotopic (exact) mass is 248 g/mol. The van der Waals surface area contributed by atoms with Gasteiger partial charge >= 0.3 is 0 Å². The summed E-state index contributed by atoms with van der Waals surface area (Å²) in [7, 11) is 0. The lowest BCUT2D eigenvalue weighted by Crippen LogP contribution is -2.10. The minimum atomic E-state index is 0.859. The van der Waals surface area contributed by atoms with Gasteiger partial charge in [-0.1, -0.05) is 54.1 Å². The Morgan fingerprint density at radius 1 is 0.947 bits per heavy atom. The minimum Gasteiger partial charge on any atom is -0.0851 e. The average Bonchev–Trinajstić information content (AvgIpc) is 3.00. The van der Waals surface area contributed by atoms with E-state index in [2.05, 4.69) is 55.5 Å². The first kappa shape index (κ1) is 11.3. The Balaban J connectivity index is 1.63. The van der Waals surface area contributed by atoms with Crippen molar-refractivity contribution in [3.63, 3.8) is 0 Å². The lowest BCUT2D eigenvalue weighted by atomic mass is 9.87. The molecule has 0 heteroatoms. The van der Waals surface area contributed by atoms with E-state index in [1.54, 1.807) is 0 Å². The predicted molar refractivity (Wildman–Crippen MR) is 81.2 cm³/mol. The highest BCUT2D eigenvalue weighted by Gasteiger charge is 2.35. The highest BCUT2D eigenvalue weighted by atomic mass is 14.4. The van der Waals surface area contributed by atoms with Gasteiger partial charge in [0.1, 0.15) is 0 Å². The summed E-state index contributed by atoms with van der Waals surface area (Å²) in [6.45, 7) is 2.17. The summed E-state index contributed by atoms with van der Waals surface area (Å²) in [5.41, 5.74) is 2.87. The van der Waals surface area contributed by atoms with Crippen LogP contribution < -0.4 is 0 Å². The first-order valence-electron chi connectivity index (χ1n) is 7.45. The molecule has 0 spiro atoms. The summed E-state index contributed by atoms with van der Waals surface area (Å²) in [6, 6.07) is 13.7. The molecule has 2 aliphatic rings. The quantitative estimate of drug-likeness (QED) is 0.663. The van der Waals surface area contributed by atoms with Gasteiger partial charge in [0.05, 0.1) is 0 Å². The SMILES string of the molecule is Cc1ccc2ccc(CC3CC4C=CC3C4)cc2c1. The molecule has 0 saturated heterocycles. The first-order chi connectivity index (χ1) is 9.28. The topological polar surface area (TPSA) is 0 Å². The summed E-state index contributed by atoms with van der Waals surface area (Å²) in [4.78, 5) is 0. The minimum absolute atomic E-state index is 0.859. The standard InChI is InChI=1S/C19H20/c1-13-2-5-16-6-3-15(10-18(16)8-13)12-19-11-14-4-7-17(19)9-14/h2-8,10,14,17,19H,9,11-12H2,1H3. The lowest BCUT2D eigenvalue weighted by molar-refractivity contribution is 0.446. The summed E-state index contributed by atoms with van der Waals surface area (Å²) in [5.74, 6) is 2.63. The first-order valence-corrected chi connectivity index (χ1v) is 7.45. The predicted octanol–water partition coefficient (Wildman–Crippen LogP) is 4.90. The second-order valence-corrected chi connectivity index (χ2v) is 6.43. The number of hydrogen-bond donors (Lipinski definition) is 0. The van der Waals surface area contributed by atoms with Crippen LogP contribution in [0.3, 0.4) is 0 Å². The van der Waals surface area contributed by atoms with Crippen molar-refractivity contribution >= 4 is 10.8 Å². The van der Waals surface area contributed by atoms with Gasteiger partial charge in [-0.25, -0.2) is 0 Å². The Kier molecular flexibility index (Phi) is 2.51. The molecule has 0 aliphatic heterocycles. The maximum atomic E-state index is 2.46. The van der Waals surface area contributed by atoms with Crippen LogP contribution in [0.25, 0.3) is 10.8 Å². The molecule has 19 heavy (non-hydrogen) atoms. The van der Waals surface area contributed by atoms with Crippen LogP contribution in [0.1, 0.15) is 24.0 Å². The molecule has 2 aromatic rings. The van der Waals surface area contributed by atoms with Crippen LogP contribution in [-0.4, -0.2) is 0 Å². The van der Waals surface area contributed by atoms with Crippen LogP contribution >= 0.6 is 0 Å². The van der Waals surface area contributed by atoms with Crippen LogP contribution in [0.15, 0.2) is 48.6 Å². The molecule has 0 amide bonds. The van der Waals surface area contributed by atoms with E-state index >= 15 is 0 Å². The number of benzene rings is 2. The van der Waals surface area contributed by atoms with Crippen molar-refractivity contribution in [3.8, 4) is 0 Å². The molecule has 4 rings (SSSR count). The lowest BCUT2D eigenvalue weighted by Gasteiger charge is -2.18. The molecule has 3 atom stereocenters. The van der Waals surface area contributed by atoms with Gasteiger partial charge in [-0.2, -0.15) is 0 Å². The molecule has 0 radical (unpaired) electrons. The number of fused-ring (bicyclic) bond motifs is 3. The van der Waals surface area contributed by atoms with Crippen molar-refractivity contribution in [2.75, 3.05) is 0 Å². The Hall–Kier alpha value is -1.56. The van der Waals surface area contributed by atoms with Crippen LogP contribution in [0, 0.1) is 24.7 Å². The van der Waals surface area contributed by atoms with Gasteiger partial charge in [-0.15, -0.1) is 0 Å². The number of hydrogen-bond acceptors (Lipinski definition) is 0. The van der Waals surface area contributed by atoms with Gasteiger partial charge in [0.25, 0.3) is 0 Å². The molecule has 0 N–H and O–H groups in total. The Morgan fingerprint density at radius 3 is 2.63 bits per heavy atom. The fourth-order valence-electron chi connectivity index (χ4n) is 3.97. The number of allylic oxidation sites excluding steroid dienone is 2. The second kappa shape index (κ2) is 4.23. The van der Waals surface area contributed by atoms with Crippen molar-refractivity contribution in [1.29, 1.82) is 0 Å². The van der Waals surface area contributed by atoms with Gasteiger partial charge in [0.15, 0.2) is 0 Å². The third kappa shape index (κ3) is 2.00. The van der Waals surface area contributed by atoms with Crippen LogP contribution in [0.5, 0.6) is 0 Å². The van der Waals surface area contributed by atoms with Gasteiger partial charge in [-0.3, -0.25) is 0 Å². The highest BCUT2D eigenvalue weighted by Crippen LogP contribution is 2.44. The highest BCUT2D eigenvalue weighted by molar-refractivity contribution is 5.83. The van der Waals surface area contributed by atoms with Gasteiger partial charge in [-0.05, 0) is 60.3 Å². The molecule has 0 aromatic heterocycles. The molecule has 2 bridgehead atoms. The Bertz CT molecular complexity index is 650. The Morgan fingerprint density at radius 2 is 1.84 bits per heavy atom. The summed E-state index contributed by atoms with van der Waals surface area (Å²) >= 11 is 0. The van der Waals surface area contributed by atoms with Crippen molar-refractivity contribution < 1.29 is 0 Å². The van der Waals surface area contributed by atoms with E-state index < -0.39 is 0 Å². The average molecular weight is 248 g/mol. The van der Waals surface area contributed by atoms with Gasteiger partial charge in [0.2, 0.25) is 0 Å². The van der Waals surface area contributed by atoms with Crippen molar-refractivity contribution in [3.05, 3.63) is 59.7 Å². The number of rotatable bonds is 2. The fourth-order valence-corrected chi connectivity index (χ4v) is 3.97. The normalized spacial score (nSPS) is 28.4. The van der Waals surface area contributed by atoms with E-state index in [-0.39, 0.29) is 0 Å². The molecule has 0 nitrogen and oxygen atoms in total. The van der Waals surface area contributed by atoms with E-state index in [0.29, 0.717) is 0 Å². The Labute approximate surface area is 115 Å². The maximum absolute atomic E-state index is 2.46. The maximum Gasteiger partial charge on any atom is -0.0179 e. The summed E-state index contributed by atoms with van der Waals surface area (Å²) < 4.78 is 0. The van der Waals surface area contributed by atoms with Crippen molar-refractivity contribution in [2.45, 2.75) is 26.2 Å². The van der Waals surface area contributed by atoms with E-state index in [1.165, 1.54) is 41.2 Å². The molecule has 1 fully saturated rings. The molecule has 96 valence electrons. The molecular formula is C19H20. The summed E-state index contributed by atoms with van der Waals surface area (Å²) in [5, 5.41) is 2.76. The van der Waals surface area contributed by atoms with E-state index in [9.17, 15) is 0 Å². The van der Waals surface area contributed by atoms with E-state index in [0.717, 1.165) is 17.8 Å². The zero-order chi connectivity index (χ0) is 12.8. The zero-order valence-corrected chi connectivity index (χ0v) is 11.5. The molecular weight excluding hydrogens is 228 g/mol. The van der Waals surface area contributed by atoms with Crippen molar-refractivity contribution in [2.24, 2.45) is 17.8 Å². The largest absolute Gasteiger partial charge is 0.0851 e. The van der Waals surface area contributed by atoms with Crippen LogP contribution in [0.4, 0.5) is 0 Å². The van der Waals surface area contributed by atoms with E-state index in [4.69, 9.17) is 0 Å². The van der Waals surface area contributed by atoms with Crippen LogP contribution in [0.2, 0.25) is 0 Å². The molecule has 0 heterocycles. The fraction of sp³-hybridized carbons (Fsp3) is 0.368. The molecule has 1 saturated carbocycles. The second-order valence-electron chi connectivity index (χ2n) is 6.43. The van der Waals surface area contributed by atoms with Crippen LogP contribution in [-0.2, 0) is 6.42 Å². The summed E-state index contributed by atoms with van der Waals surface area (Å²) in [6.07, 6.45) is 8.98. The van der Waals surface area contributed by atoms with Crippen molar-refractivity contribution in [1.82, 2.24) is 0 Å². The van der Waals surface area contributed by atoms with E-state index in [1.807, 2.05) is 0 Å². The smallest absolute Gasteiger partial charge is 0.0179 e. The third-order valence-corrected chi connectivity index (χ3v) is 4.97. The third-order valence-electron chi connectivity index (χ3n) is 4.97. The molecule has 2 aliphatic carbocycles. The zero-order valence-electron chi connectivity index (χ0n) is 11.5. The molecule has 3 unspecified atom stereocenters. The van der Waals surface area contributed by atoms with Gasteiger partial charge in [0, 0.05) is 0 Å². The number of aryl methyl sites for hydroxylation is 1.